The zero-order valence-corrected chi connectivity index (χ0v) is 12.2. The molecule has 1 aromatic heterocycles. The zero-order valence-electron chi connectivity index (χ0n) is 12.2. The molecule has 0 bridgehead atoms. The molecule has 0 saturated heterocycles. The molecule has 22 heavy (non-hydrogen) atoms. The number of rotatable bonds is 5. The van der Waals surface area contributed by atoms with Crippen molar-refractivity contribution in [1.82, 2.24) is 4.98 Å². The van der Waals surface area contributed by atoms with Crippen LogP contribution >= 0.6 is 0 Å². The van der Waals surface area contributed by atoms with Gasteiger partial charge in [-0.15, -0.1) is 0 Å². The molecule has 3 nitrogen and oxygen atoms in total. The predicted octanol–water partition coefficient (Wildman–Crippen LogP) is 4.25. The average molecular weight is 288 g/mol. The minimum absolute atomic E-state index is 0.179. The molecule has 108 valence electrons. The van der Waals surface area contributed by atoms with E-state index in [2.05, 4.69) is 11.1 Å². The number of carbonyl (C=O) groups excluding carboxylic acids is 1. The van der Waals surface area contributed by atoms with Crippen LogP contribution in [0.5, 0.6) is 0 Å². The lowest BCUT2D eigenvalue weighted by molar-refractivity contribution is 0.0980. The third-order valence-electron chi connectivity index (χ3n) is 3.84. The lowest BCUT2D eigenvalue weighted by atomic mass is 10.0. The van der Waals surface area contributed by atoms with Gasteiger partial charge >= 0.3 is 0 Å². The van der Waals surface area contributed by atoms with E-state index in [1.807, 2.05) is 54.7 Å². The number of hydrogen-bond donors (Lipinski definition) is 1. The number of H-pyrrole nitrogens is 1. The van der Waals surface area contributed by atoms with Gasteiger partial charge in [0.1, 0.15) is 0 Å². The van der Waals surface area contributed by atoms with E-state index in [-0.39, 0.29) is 5.78 Å². The van der Waals surface area contributed by atoms with Crippen molar-refractivity contribution in [3.8, 4) is 6.07 Å². The Labute approximate surface area is 129 Å². The molecule has 0 unspecified atom stereocenters. The number of aromatic nitrogens is 1. The third-order valence-corrected chi connectivity index (χ3v) is 3.84. The van der Waals surface area contributed by atoms with Gasteiger partial charge in [0, 0.05) is 29.1 Å². The molecule has 0 saturated carbocycles. The summed E-state index contributed by atoms with van der Waals surface area (Å²) in [6, 6.07) is 17.2. The van der Waals surface area contributed by atoms with Crippen molar-refractivity contribution in [2.24, 2.45) is 0 Å². The van der Waals surface area contributed by atoms with Gasteiger partial charge in [0.15, 0.2) is 5.78 Å². The van der Waals surface area contributed by atoms with Crippen LogP contribution in [0.25, 0.3) is 10.9 Å². The van der Waals surface area contributed by atoms with Crippen LogP contribution in [-0.4, -0.2) is 10.8 Å². The minimum Gasteiger partial charge on any atom is -0.361 e. The van der Waals surface area contributed by atoms with E-state index in [9.17, 15) is 4.79 Å². The van der Waals surface area contributed by atoms with E-state index < -0.39 is 0 Å². The summed E-state index contributed by atoms with van der Waals surface area (Å²) in [4.78, 5) is 15.3. The summed E-state index contributed by atoms with van der Waals surface area (Å²) >= 11 is 0. The van der Waals surface area contributed by atoms with Crippen LogP contribution in [0.4, 0.5) is 0 Å². The molecule has 0 aliphatic heterocycles. The van der Waals surface area contributed by atoms with E-state index in [4.69, 9.17) is 5.26 Å². The minimum atomic E-state index is 0.179. The van der Waals surface area contributed by atoms with Crippen molar-refractivity contribution in [2.75, 3.05) is 0 Å². The topological polar surface area (TPSA) is 56.6 Å². The number of ketones is 1. The number of carbonyl (C=O) groups is 1. The van der Waals surface area contributed by atoms with Crippen molar-refractivity contribution < 1.29 is 4.79 Å². The number of benzene rings is 2. The third kappa shape index (κ3) is 2.91. The fourth-order valence-electron chi connectivity index (χ4n) is 2.66. The van der Waals surface area contributed by atoms with Gasteiger partial charge < -0.3 is 4.98 Å². The maximum atomic E-state index is 12.1. The number of nitriles is 1. The first-order valence-electron chi connectivity index (χ1n) is 7.36. The number of nitrogens with one attached hydrogen (secondary N) is 1. The van der Waals surface area contributed by atoms with Crippen molar-refractivity contribution in [2.45, 2.75) is 19.3 Å². The summed E-state index contributed by atoms with van der Waals surface area (Å²) in [5.74, 6) is 0.179. The highest BCUT2D eigenvalue weighted by Crippen LogP contribution is 2.21. The van der Waals surface area contributed by atoms with Gasteiger partial charge in [-0.2, -0.15) is 5.26 Å². The Morgan fingerprint density at radius 1 is 1.14 bits per heavy atom. The van der Waals surface area contributed by atoms with Gasteiger partial charge in [0.25, 0.3) is 0 Å². The lowest BCUT2D eigenvalue weighted by Crippen LogP contribution is -1.99. The number of hydrogen-bond acceptors (Lipinski definition) is 2. The van der Waals surface area contributed by atoms with Crippen LogP contribution in [0.1, 0.15) is 34.3 Å². The SMILES string of the molecule is N#Cc1ccc2[nH]cc(CCCC(=O)c3ccccc3)c2c1. The van der Waals surface area contributed by atoms with Crippen LogP contribution in [-0.2, 0) is 6.42 Å². The molecule has 3 heteroatoms. The highest BCUT2D eigenvalue weighted by molar-refractivity contribution is 5.96. The van der Waals surface area contributed by atoms with Crippen molar-refractivity contribution in [1.29, 1.82) is 5.26 Å². The maximum absolute atomic E-state index is 12.1. The van der Waals surface area contributed by atoms with E-state index in [0.29, 0.717) is 12.0 Å². The zero-order chi connectivity index (χ0) is 15.4. The Kier molecular flexibility index (Phi) is 4.02. The molecule has 3 rings (SSSR count). The Morgan fingerprint density at radius 2 is 1.95 bits per heavy atom. The number of aryl methyl sites for hydroxylation is 1. The Hall–Kier alpha value is -2.86. The van der Waals surface area contributed by atoms with Gasteiger partial charge in [-0.1, -0.05) is 30.3 Å². The molecule has 1 heterocycles. The van der Waals surface area contributed by atoms with Gasteiger partial charge in [-0.25, -0.2) is 0 Å². The largest absolute Gasteiger partial charge is 0.361 e. The highest BCUT2D eigenvalue weighted by atomic mass is 16.1. The fourth-order valence-corrected chi connectivity index (χ4v) is 2.66. The number of fused-ring (bicyclic) bond motifs is 1. The van der Waals surface area contributed by atoms with E-state index in [0.717, 1.165) is 34.9 Å². The maximum Gasteiger partial charge on any atom is 0.162 e. The summed E-state index contributed by atoms with van der Waals surface area (Å²) in [6.07, 6.45) is 4.14. The van der Waals surface area contributed by atoms with Gasteiger partial charge in [0.05, 0.1) is 11.6 Å². The second kappa shape index (κ2) is 6.28. The van der Waals surface area contributed by atoms with Crippen LogP contribution in [0.2, 0.25) is 0 Å². The molecule has 0 spiro atoms. The van der Waals surface area contributed by atoms with Crippen molar-refractivity contribution >= 4 is 16.7 Å². The predicted molar refractivity (Wildman–Crippen MR) is 86.7 cm³/mol. The normalized spacial score (nSPS) is 10.5. The summed E-state index contributed by atoms with van der Waals surface area (Å²) in [5, 5.41) is 10.1. The van der Waals surface area contributed by atoms with Gasteiger partial charge in [0.2, 0.25) is 0 Å². The van der Waals surface area contributed by atoms with Gasteiger partial charge in [-0.3, -0.25) is 4.79 Å². The molecule has 1 N–H and O–H groups in total. The smallest absolute Gasteiger partial charge is 0.162 e. The van der Waals surface area contributed by atoms with Crippen molar-refractivity contribution in [3.63, 3.8) is 0 Å². The molecule has 0 amide bonds. The Bertz CT molecular complexity index is 841. The van der Waals surface area contributed by atoms with Crippen LogP contribution < -0.4 is 0 Å². The number of nitrogens with zero attached hydrogens (tertiary/aromatic N) is 1. The van der Waals surface area contributed by atoms with Crippen LogP contribution in [0.15, 0.2) is 54.7 Å². The Balaban J connectivity index is 1.67. The van der Waals surface area contributed by atoms with Gasteiger partial charge in [-0.05, 0) is 36.6 Å². The molecule has 0 radical (unpaired) electrons. The number of Topliss-reactive ketones (excluding diaryl/α,β-unsaturated/α-hetero) is 1. The van der Waals surface area contributed by atoms with Crippen LogP contribution in [0.3, 0.4) is 0 Å². The average Bonchev–Trinajstić information content (AvgIpc) is 2.98. The lowest BCUT2D eigenvalue weighted by Gasteiger charge is -2.01. The van der Waals surface area contributed by atoms with E-state index in [1.54, 1.807) is 0 Å². The molecule has 0 fully saturated rings. The molecule has 0 atom stereocenters. The first-order valence-corrected chi connectivity index (χ1v) is 7.36. The second-order valence-electron chi connectivity index (χ2n) is 5.33. The van der Waals surface area contributed by atoms with E-state index >= 15 is 0 Å². The van der Waals surface area contributed by atoms with Crippen molar-refractivity contribution in [3.05, 3.63) is 71.4 Å². The second-order valence-corrected chi connectivity index (χ2v) is 5.33. The summed E-state index contributed by atoms with van der Waals surface area (Å²) < 4.78 is 0. The standard InChI is InChI=1S/C19H16N2O/c20-12-14-9-10-18-17(11-14)16(13-21-18)7-4-8-19(22)15-5-2-1-3-6-15/h1-3,5-6,9-11,13,21H,4,7-8H2. The molecule has 3 aromatic rings. The molecule has 2 aromatic carbocycles. The monoisotopic (exact) mass is 288 g/mol. The molecule has 0 aliphatic rings. The first kappa shape index (κ1) is 14.1. The summed E-state index contributed by atoms with van der Waals surface area (Å²) in [5.41, 5.74) is 3.62. The Morgan fingerprint density at radius 3 is 2.73 bits per heavy atom. The first-order chi connectivity index (χ1) is 10.8. The highest BCUT2D eigenvalue weighted by Gasteiger charge is 2.08. The molecular weight excluding hydrogens is 272 g/mol. The molecular formula is C19H16N2O. The summed E-state index contributed by atoms with van der Waals surface area (Å²) in [6.45, 7) is 0. The quantitative estimate of drug-likeness (QED) is 0.714. The summed E-state index contributed by atoms with van der Waals surface area (Å²) in [7, 11) is 0. The fraction of sp³-hybridized carbons (Fsp3) is 0.158. The number of aromatic amines is 1. The molecule has 0 aliphatic carbocycles. The van der Waals surface area contributed by atoms with E-state index in [1.165, 1.54) is 0 Å². The van der Waals surface area contributed by atoms with Crippen LogP contribution in [0, 0.1) is 11.3 Å².